The molecule has 6 rings (SSSR count). The van der Waals surface area contributed by atoms with Crippen molar-refractivity contribution in [3.63, 3.8) is 0 Å². The first-order chi connectivity index (χ1) is 26.2. The van der Waals surface area contributed by atoms with Crippen LogP contribution in [0.3, 0.4) is 0 Å². The lowest BCUT2D eigenvalue weighted by Crippen LogP contribution is -2.53. The second kappa shape index (κ2) is 15.6. The molecule has 2 aromatic carbocycles. The summed E-state index contributed by atoms with van der Waals surface area (Å²) >= 11 is 6.62. The number of carboxylic acid groups (broad SMARTS) is 1. The standard InChI is InChI=1S/C37H34ClF8N5O5/c1-49-10-6-25(36(41,42)43)30(33(49)53)31-24-4-2-3-20(23(24)5-9-47-31)16-27(34(54)55)48-32(52)29-21(18-50-11-7-35(39,40)8-12-50)15-22(17-26(29)38)51-13-14-56-19-28(51)37(44,45)46/h2-6,9-10,15,17,27-28H,7-8,11-14,16,18-19H2,1H3,(H,48,52)(H,54,55)/t27-,28+/m0/s1. The quantitative estimate of drug-likeness (QED) is 0.180. The van der Waals surface area contributed by atoms with E-state index in [4.69, 9.17) is 16.3 Å². The van der Waals surface area contributed by atoms with E-state index < -0.39 is 84.8 Å². The molecule has 0 radical (unpaired) electrons. The Morgan fingerprint density at radius 1 is 1.04 bits per heavy atom. The third-order valence-electron chi connectivity index (χ3n) is 9.94. The van der Waals surface area contributed by atoms with E-state index in [1.165, 1.54) is 43.6 Å². The molecule has 0 unspecified atom stereocenters. The maximum atomic E-state index is 14.1. The zero-order chi connectivity index (χ0) is 40.7. The van der Waals surface area contributed by atoms with E-state index >= 15 is 0 Å². The number of rotatable bonds is 9. The Hall–Kier alpha value is -4.81. The molecule has 4 heterocycles. The van der Waals surface area contributed by atoms with Gasteiger partial charge < -0.3 is 24.6 Å². The van der Waals surface area contributed by atoms with Gasteiger partial charge in [-0.05, 0) is 40.8 Å². The van der Waals surface area contributed by atoms with Crippen LogP contribution in [-0.2, 0) is 35.7 Å². The molecule has 0 aliphatic carbocycles. The molecule has 0 saturated carbocycles. The molecule has 4 aromatic rings. The minimum absolute atomic E-state index is 0.00797. The van der Waals surface area contributed by atoms with Crippen molar-refractivity contribution in [2.24, 2.45) is 7.05 Å². The lowest BCUT2D eigenvalue weighted by molar-refractivity contribution is -0.167. The number of nitrogens with zero attached hydrogens (tertiary/aromatic N) is 4. The minimum atomic E-state index is -4.91. The first-order valence-electron chi connectivity index (χ1n) is 17.3. The van der Waals surface area contributed by atoms with Crippen molar-refractivity contribution in [1.29, 1.82) is 0 Å². The Morgan fingerprint density at radius 3 is 2.41 bits per heavy atom. The number of carbonyl (C=O) groups excluding carboxylic acids is 1. The number of fused-ring (bicyclic) bond motifs is 1. The van der Waals surface area contributed by atoms with Gasteiger partial charge in [-0.1, -0.05) is 29.8 Å². The zero-order valence-corrected chi connectivity index (χ0v) is 30.2. The Morgan fingerprint density at radius 2 is 1.75 bits per heavy atom. The highest BCUT2D eigenvalue weighted by atomic mass is 35.5. The fourth-order valence-corrected chi connectivity index (χ4v) is 7.37. The lowest BCUT2D eigenvalue weighted by Gasteiger charge is -2.39. The van der Waals surface area contributed by atoms with Crippen LogP contribution in [0.25, 0.3) is 22.0 Å². The van der Waals surface area contributed by atoms with Crippen molar-refractivity contribution < 1.29 is 54.6 Å². The first-order valence-corrected chi connectivity index (χ1v) is 17.6. The third kappa shape index (κ3) is 8.61. The number of aliphatic carboxylic acids is 1. The number of aryl methyl sites for hydroxylation is 1. The summed E-state index contributed by atoms with van der Waals surface area (Å²) in [4.78, 5) is 46.4. The van der Waals surface area contributed by atoms with E-state index in [0.29, 0.717) is 0 Å². The molecule has 56 heavy (non-hydrogen) atoms. The van der Waals surface area contributed by atoms with Crippen LogP contribution >= 0.6 is 11.6 Å². The molecule has 2 aliphatic rings. The molecular weight excluding hydrogens is 782 g/mol. The molecule has 2 aromatic heterocycles. The average molecular weight is 816 g/mol. The summed E-state index contributed by atoms with van der Waals surface area (Å²) in [6.45, 7) is -1.27. The molecule has 300 valence electrons. The number of piperidine rings is 1. The summed E-state index contributed by atoms with van der Waals surface area (Å²) < 4.78 is 118. The number of carbonyl (C=O) groups is 2. The van der Waals surface area contributed by atoms with Gasteiger partial charge in [0.15, 0.2) is 0 Å². The third-order valence-corrected chi connectivity index (χ3v) is 10.2. The lowest BCUT2D eigenvalue weighted by atomic mass is 9.95. The SMILES string of the molecule is Cn1ccc(C(F)(F)F)c(-c2nccc3c(C[C@H](NC(=O)c4c(Cl)cc(N5CCOC[C@@H]5C(F)(F)F)cc4CN4CCC(F)(F)CC4)C(=O)O)cccc23)c1=O. The summed E-state index contributed by atoms with van der Waals surface area (Å²) in [5.41, 5.74) is -3.17. The number of amides is 1. The first kappa shape index (κ1) is 40.8. The number of pyridine rings is 2. The van der Waals surface area contributed by atoms with Crippen LogP contribution in [-0.4, -0.2) is 88.5 Å². The molecule has 2 saturated heterocycles. The van der Waals surface area contributed by atoms with Gasteiger partial charge in [0.1, 0.15) is 12.1 Å². The molecule has 19 heteroatoms. The summed E-state index contributed by atoms with van der Waals surface area (Å²) in [6, 6.07) is 5.22. The van der Waals surface area contributed by atoms with Gasteiger partial charge in [0, 0.05) is 76.0 Å². The molecule has 10 nitrogen and oxygen atoms in total. The highest BCUT2D eigenvalue weighted by molar-refractivity contribution is 6.34. The van der Waals surface area contributed by atoms with Crippen molar-refractivity contribution in [1.82, 2.24) is 19.8 Å². The second-order valence-corrected chi connectivity index (χ2v) is 14.1. The number of benzene rings is 2. The van der Waals surface area contributed by atoms with E-state index in [1.54, 1.807) is 4.90 Å². The highest BCUT2D eigenvalue weighted by Gasteiger charge is 2.46. The molecule has 0 bridgehead atoms. The van der Waals surface area contributed by atoms with Crippen LogP contribution in [0, 0.1) is 0 Å². The number of likely N-dealkylation sites (tertiary alicyclic amines) is 1. The summed E-state index contributed by atoms with van der Waals surface area (Å²) in [5.74, 6) is -5.46. The number of hydrogen-bond acceptors (Lipinski definition) is 7. The Kier molecular flexibility index (Phi) is 11.4. The molecule has 2 atom stereocenters. The van der Waals surface area contributed by atoms with E-state index in [1.807, 2.05) is 0 Å². The molecule has 0 spiro atoms. The predicted molar refractivity (Wildman–Crippen MR) is 189 cm³/mol. The van der Waals surface area contributed by atoms with Gasteiger partial charge in [-0.3, -0.25) is 19.5 Å². The number of alkyl halides is 8. The van der Waals surface area contributed by atoms with E-state index in [9.17, 15) is 54.6 Å². The van der Waals surface area contributed by atoms with Gasteiger partial charge >= 0.3 is 18.3 Å². The normalized spacial score (nSPS) is 18.5. The fourth-order valence-electron chi connectivity index (χ4n) is 7.05. The van der Waals surface area contributed by atoms with Crippen molar-refractivity contribution in [2.45, 2.75) is 56.2 Å². The van der Waals surface area contributed by atoms with E-state index in [2.05, 4.69) is 10.3 Å². The van der Waals surface area contributed by atoms with Gasteiger partial charge in [0.25, 0.3) is 17.4 Å². The van der Waals surface area contributed by atoms with Gasteiger partial charge in [0.2, 0.25) is 0 Å². The van der Waals surface area contributed by atoms with Crippen molar-refractivity contribution >= 4 is 39.9 Å². The summed E-state index contributed by atoms with van der Waals surface area (Å²) in [6.07, 6.45) is -8.89. The number of hydrogen-bond donors (Lipinski definition) is 2. The average Bonchev–Trinajstić information content (AvgIpc) is 3.12. The van der Waals surface area contributed by atoms with Gasteiger partial charge in [-0.25, -0.2) is 13.6 Å². The van der Waals surface area contributed by atoms with Gasteiger partial charge in [-0.15, -0.1) is 0 Å². The number of carboxylic acids is 1. The number of halogens is 9. The molecule has 2 aliphatic heterocycles. The van der Waals surface area contributed by atoms with Gasteiger partial charge in [0.05, 0.1) is 40.6 Å². The topological polar surface area (TPSA) is 117 Å². The number of anilines is 1. The monoisotopic (exact) mass is 815 g/mol. The number of morpholine rings is 1. The maximum absolute atomic E-state index is 14.1. The van der Waals surface area contributed by atoms with Crippen LogP contribution in [0.2, 0.25) is 5.02 Å². The Balaban J connectivity index is 1.36. The molecular formula is C37H34ClF8N5O5. The molecule has 2 N–H and O–H groups in total. The number of aromatic nitrogens is 2. The number of nitrogens with one attached hydrogen (secondary N) is 1. The molecule has 2 fully saturated rings. The smallest absolute Gasteiger partial charge is 0.417 e. The predicted octanol–water partition coefficient (Wildman–Crippen LogP) is 6.70. The van der Waals surface area contributed by atoms with Gasteiger partial charge in [-0.2, -0.15) is 26.3 Å². The largest absolute Gasteiger partial charge is 0.480 e. The van der Waals surface area contributed by atoms with Crippen LogP contribution in [0.4, 0.5) is 40.8 Å². The zero-order valence-electron chi connectivity index (χ0n) is 29.5. The summed E-state index contributed by atoms with van der Waals surface area (Å²) in [7, 11) is 1.28. The van der Waals surface area contributed by atoms with Crippen LogP contribution < -0.4 is 15.8 Å². The van der Waals surface area contributed by atoms with Crippen LogP contribution in [0.1, 0.15) is 39.9 Å². The van der Waals surface area contributed by atoms with Crippen molar-refractivity contribution in [3.8, 4) is 11.3 Å². The Labute approximate surface area is 318 Å². The second-order valence-electron chi connectivity index (χ2n) is 13.7. The maximum Gasteiger partial charge on any atom is 0.417 e. The summed E-state index contributed by atoms with van der Waals surface area (Å²) in [5, 5.41) is 12.7. The highest BCUT2D eigenvalue weighted by Crippen LogP contribution is 2.39. The van der Waals surface area contributed by atoms with E-state index in [-0.39, 0.29) is 76.7 Å². The van der Waals surface area contributed by atoms with Crippen molar-refractivity contribution in [3.05, 3.63) is 92.5 Å². The van der Waals surface area contributed by atoms with Crippen molar-refractivity contribution in [2.75, 3.05) is 37.7 Å². The fraction of sp³-hybridized carbons (Fsp3) is 0.405. The van der Waals surface area contributed by atoms with Crippen LogP contribution in [0.5, 0.6) is 0 Å². The Bertz CT molecular complexity index is 2200. The molecule has 1 amide bonds. The minimum Gasteiger partial charge on any atom is -0.480 e. The van der Waals surface area contributed by atoms with E-state index in [0.717, 1.165) is 27.8 Å². The van der Waals surface area contributed by atoms with Crippen LogP contribution in [0.15, 0.2) is 59.7 Å². The number of ether oxygens (including phenoxy) is 1.